The fraction of sp³-hybridized carbons (Fsp3) is 0.0270. The smallest absolute Gasteiger partial charge is 0.744 e. The van der Waals surface area contributed by atoms with Crippen LogP contribution in [-0.4, -0.2) is 106 Å². The summed E-state index contributed by atoms with van der Waals surface area (Å²) in [5, 5.41) is 62.1. The first kappa shape index (κ1) is 111. The molecule has 55 heteroatoms. The summed E-state index contributed by atoms with van der Waals surface area (Å²) in [4.78, 5) is 5.48. The minimum absolute atomic E-state index is 0. The van der Waals surface area contributed by atoms with Crippen LogP contribution in [0.5, 0.6) is 0 Å². The van der Waals surface area contributed by atoms with Crippen molar-refractivity contribution in [2.75, 3.05) is 16.4 Å². The number of hydrogen-bond acceptors (Lipinski definition) is 40. The maximum atomic E-state index is 12.3. The van der Waals surface area contributed by atoms with Crippen LogP contribution in [0.1, 0.15) is 22.3 Å². The summed E-state index contributed by atoms with van der Waals surface area (Å²) in [5.41, 5.74) is 14.5. The van der Waals surface area contributed by atoms with Gasteiger partial charge in [-0.1, -0.05) is 178 Å². The number of halogens is 1. The molecule has 0 saturated carbocycles. The second-order valence-electron chi connectivity index (χ2n) is 24.8. The van der Waals surface area contributed by atoms with Crippen molar-refractivity contribution in [1.82, 2.24) is 15.6 Å². The van der Waals surface area contributed by atoms with Gasteiger partial charge in [-0.25, -0.2) is 60.5 Å². The molecule has 0 bridgehead atoms. The van der Waals surface area contributed by atoms with Crippen molar-refractivity contribution in [2.45, 2.75) is 43.2 Å². The fourth-order valence-corrected chi connectivity index (χ4v) is 18.4. The fourth-order valence-electron chi connectivity index (χ4n) is 11.1. The number of nitrogens with one attached hydrogen (secondary N) is 3. The molecule has 10 aromatic carbocycles. The van der Waals surface area contributed by atoms with E-state index < -0.39 is 95.6 Å². The molecular formula is C74H49ClLi6N14O23S11. The molecule has 4 heterocycles. The van der Waals surface area contributed by atoms with Gasteiger partial charge in [0.05, 0.1) is 52.0 Å². The molecule has 0 spiro atoms. The predicted molar refractivity (Wildman–Crippen MR) is 448 cm³/mol. The van der Waals surface area contributed by atoms with Crippen molar-refractivity contribution in [3.63, 3.8) is 0 Å². The monoisotopic (exact) mass is 1930 g/mol. The Bertz CT molecular complexity index is 7500. The Morgan fingerprint density at radius 2 is 0.822 bits per heavy atom. The number of aryl methyl sites for hydroxylation is 2. The van der Waals surface area contributed by atoms with Crippen molar-refractivity contribution in [1.29, 1.82) is 10.5 Å². The first-order chi connectivity index (χ1) is 57.9. The van der Waals surface area contributed by atoms with Gasteiger partial charge < -0.3 is 43.7 Å². The number of rotatable bonds is 22. The Kier molecular flexibility index (Phi) is 40.4. The molecule has 129 heavy (non-hydrogen) atoms. The summed E-state index contributed by atoms with van der Waals surface area (Å²) in [6.07, 6.45) is 0. The van der Waals surface area contributed by atoms with E-state index in [9.17, 15) is 96.8 Å². The van der Waals surface area contributed by atoms with Crippen LogP contribution in [0.15, 0.2) is 278 Å². The van der Waals surface area contributed by atoms with Gasteiger partial charge in [-0.05, 0) is 122 Å². The van der Waals surface area contributed by atoms with Gasteiger partial charge in [0, 0.05) is 65.6 Å². The third-order valence-corrected chi connectivity index (χ3v) is 25.8. The molecule has 0 unspecified atom stereocenters. The normalized spacial score (nSPS) is 11.6. The maximum Gasteiger partial charge on any atom is 1.00 e. The van der Waals surface area contributed by atoms with Crippen LogP contribution in [-0.2, 0) is 75.4 Å². The summed E-state index contributed by atoms with van der Waals surface area (Å²) < 4.78 is 240. The number of fused-ring (bicyclic) bond motifs is 2. The zero-order valence-electron chi connectivity index (χ0n) is 67.7. The quantitative estimate of drug-likeness (QED) is 0.0196. The predicted octanol–water partition coefficient (Wildman–Crippen LogP) is -1.45. The molecule has 0 aliphatic heterocycles. The van der Waals surface area contributed by atoms with Crippen molar-refractivity contribution in [3.8, 4) is 56.9 Å². The number of nitrogens with two attached hydrogens (primary N) is 1. The number of nitrogen functional groups attached to an aromatic ring is 1. The number of aromatic nitrogens is 2. The Labute approximate surface area is 830 Å². The van der Waals surface area contributed by atoms with Crippen LogP contribution in [0, 0.1) is 36.5 Å². The van der Waals surface area contributed by atoms with Crippen molar-refractivity contribution < 1.29 is 213 Å². The van der Waals surface area contributed by atoms with E-state index in [4.69, 9.17) is 27.1 Å². The van der Waals surface area contributed by atoms with Gasteiger partial charge in [-0.3, -0.25) is 9.76 Å². The van der Waals surface area contributed by atoms with Crippen LogP contribution in [0.3, 0.4) is 0 Å². The van der Waals surface area contributed by atoms with Gasteiger partial charge in [0.1, 0.15) is 99.1 Å². The summed E-state index contributed by atoms with van der Waals surface area (Å²) >= 11 is 10.3. The van der Waals surface area contributed by atoms with Gasteiger partial charge >= 0.3 is 124 Å². The average Bonchev–Trinajstić information content (AvgIpc) is 1.67. The first-order valence-corrected chi connectivity index (χ1v) is 47.1. The van der Waals surface area contributed by atoms with Crippen molar-refractivity contribution in [2.24, 2.45) is 30.7 Å². The van der Waals surface area contributed by atoms with E-state index in [1.807, 2.05) is 73.8 Å². The second-order valence-corrected chi connectivity index (χ2v) is 38.3. The van der Waals surface area contributed by atoms with E-state index in [0.29, 0.717) is 65.2 Å². The van der Waals surface area contributed by atoms with Gasteiger partial charge in [0.25, 0.3) is 0 Å². The number of nitrogens with zero attached hydrogens (tertiary/aromatic N) is 10. The zero-order valence-corrected chi connectivity index (χ0v) is 77.4. The average molecular weight is 1930 g/mol. The second kappa shape index (κ2) is 46.9. The zero-order chi connectivity index (χ0) is 89.3. The summed E-state index contributed by atoms with van der Waals surface area (Å²) in [6.45, 7) is 3.95. The number of nitriles is 2. The minimum atomic E-state index is -5.20. The Balaban J connectivity index is 0.000000353. The van der Waals surface area contributed by atoms with Crippen molar-refractivity contribution >= 4 is 208 Å². The molecule has 0 aliphatic rings. The molecule has 0 saturated heterocycles. The van der Waals surface area contributed by atoms with E-state index in [1.165, 1.54) is 65.4 Å². The van der Waals surface area contributed by atoms with Crippen LogP contribution in [0.2, 0.25) is 5.02 Å². The van der Waals surface area contributed by atoms with E-state index in [1.54, 1.807) is 54.6 Å². The number of thiazole rings is 2. The molecule has 632 valence electrons. The maximum absolute atomic E-state index is 12.3. The molecule has 14 rings (SSSR count). The van der Waals surface area contributed by atoms with E-state index >= 15 is 0 Å². The number of benzene rings is 10. The summed E-state index contributed by atoms with van der Waals surface area (Å²) in [5.74, 6) is 0. The van der Waals surface area contributed by atoms with Crippen molar-refractivity contribution in [3.05, 3.63) is 245 Å². The van der Waals surface area contributed by atoms with Gasteiger partial charge in [0.2, 0.25) is 0 Å². The molecule has 4 aromatic heterocycles. The molecule has 0 amide bonds. The van der Waals surface area contributed by atoms with Gasteiger partial charge in [0.15, 0.2) is 20.3 Å². The number of thiophene rings is 2. The Hall–Kier alpha value is -8.32. The number of anilines is 5. The molecule has 0 radical (unpaired) electrons. The van der Waals surface area contributed by atoms with E-state index in [-0.39, 0.29) is 182 Å². The van der Waals surface area contributed by atoms with Crippen LogP contribution >= 0.6 is 56.9 Å². The third kappa shape index (κ3) is 29.3. The van der Waals surface area contributed by atoms with E-state index in [2.05, 4.69) is 61.6 Å². The van der Waals surface area contributed by atoms with Gasteiger partial charge in [-0.2, -0.15) is 18.9 Å². The van der Waals surface area contributed by atoms with Crippen LogP contribution < -0.4 is 135 Å². The van der Waals surface area contributed by atoms with Crippen LogP contribution in [0.25, 0.3) is 66.3 Å². The molecule has 14 aromatic rings. The molecule has 7 N–H and O–H groups in total. The van der Waals surface area contributed by atoms with E-state index in [0.717, 1.165) is 117 Å². The summed E-state index contributed by atoms with van der Waals surface area (Å²) in [7, 11) is -34.0. The van der Waals surface area contributed by atoms with Crippen LogP contribution in [0.4, 0.5) is 58.0 Å². The Morgan fingerprint density at radius 3 is 1.24 bits per heavy atom. The number of azo groups is 3. The minimum Gasteiger partial charge on any atom is -0.744 e. The number of hydrogen-bond donors (Lipinski definition) is 6. The topological polar surface area (TPSA) is 637 Å². The SMILES string of the molecule is Cc1ccc(-c2csc(Nc3ccc(S(=O)(=O)[O-])cc3)n2)cc1.Cc1ccc(-c2nc(Nc3ccc(S(=O)(=O)[O-])cc3)sc2N=Nc2sc(N=Nc3cc(S(=O)(=O)[O-])c4cccc(S(=O)(=O)[O-])c4c3)c(-c3ccccc3)c2C#N)cc1.N#Cc1c(N)sc(N=Nc2cc(S(=O)(=O)[O-])c3cccc(S(=O)(=O)[O-])c3c2)c1-c1ccc(Cl)cc1.O=S(=O)(O)ONO.[Li+].[Li+].[Li+].[Li+].[Li+].[Li+]. The largest absolute Gasteiger partial charge is 1.00 e. The molecule has 0 atom stereocenters. The third-order valence-electron chi connectivity index (χ3n) is 16.6. The first-order valence-electron chi connectivity index (χ1n) is 33.6. The molecule has 37 nitrogen and oxygen atoms in total. The molecule has 0 fully saturated rings. The Morgan fingerprint density at radius 1 is 0.419 bits per heavy atom. The standard InChI is InChI=1S/C37H25N7O9S5.C21H13ClN4O6S3.C16H14N2O3S2.6Li.H3NO5S/c1-21-10-12-23(13-11-21)33-36(55-37(40-33)39-24-14-16-26(17-15-24)56(45,46)47)44-42-34-29(20-38)32(22-6-3-2-4-7-22)35(54-34)43-41-25-18-28-27(31(19-25)58(51,52)53)8-5-9-30(28)57(48,49)50;22-12-6-4-11(5-7-12)19-16(10-23)20(24)33-21(19)26-25-13-8-15-14(18(9-13)35(30,31)32)2-1-3-17(15)34(27,28)29;1-11-2-4-12(5-3-11)15-10-22-16(18-15)17-13-6-8-14(9-7-13)23(19,20)21;;;;;;;2-1-6-7(3,4)5/h2-19H,1H3,(H,39,40)(H,45,46,47)(H,48,49,50)(H,51,52,53);1-9H,24H2,(H,27,28,29)(H,30,31,32);2-10H,1H3,(H,17,18)(H,19,20,21);;;;;;;1-2H,(H,3,4,5)/q;;;6*+1;/p-6. The molecular weight excluding hydrogens is 1880 g/mol. The van der Waals surface area contributed by atoms with Gasteiger partial charge in [-0.15, -0.1) is 46.3 Å². The summed E-state index contributed by atoms with van der Waals surface area (Å²) in [6, 6.07) is 56.3. The molecule has 0 aliphatic carbocycles.